The molecule has 0 radical (unpaired) electrons. The Labute approximate surface area is 88.7 Å². The number of ether oxygens (including phenoxy) is 1. The van der Waals surface area contributed by atoms with Gasteiger partial charge in [0, 0.05) is 5.75 Å². The second-order valence-corrected chi connectivity index (χ2v) is 3.30. The van der Waals surface area contributed by atoms with Gasteiger partial charge in [0.25, 0.3) is 0 Å². The van der Waals surface area contributed by atoms with Crippen molar-refractivity contribution in [2.75, 3.05) is 7.11 Å². The summed E-state index contributed by atoms with van der Waals surface area (Å²) >= 11 is 0. The summed E-state index contributed by atoms with van der Waals surface area (Å²) in [6.07, 6.45) is 0.284. The molecule has 0 fully saturated rings. The number of carbonyl (C=O) groups is 1. The Bertz CT molecular complexity index is 363. The van der Waals surface area contributed by atoms with E-state index in [9.17, 15) is 4.79 Å². The van der Waals surface area contributed by atoms with Crippen LogP contribution < -0.4 is 10.5 Å². The Kier molecular flexibility index (Phi) is 3.57. The highest BCUT2D eigenvalue weighted by molar-refractivity contribution is 5.73. The van der Waals surface area contributed by atoms with Crippen molar-refractivity contribution in [1.29, 1.82) is 0 Å². The number of nitrogens with two attached hydrogens (primary N) is 1. The first-order valence-corrected chi connectivity index (χ1v) is 4.52. The van der Waals surface area contributed by atoms with Crippen LogP contribution in [0.4, 0.5) is 0 Å². The molecule has 3 N–H and O–H groups in total. The minimum Gasteiger partial charge on any atom is -0.554 e. The summed E-state index contributed by atoms with van der Waals surface area (Å²) < 4.78 is 5.08. The number of carboxylic acids is 1. The molecule has 1 rings (SSSR count). The van der Waals surface area contributed by atoms with Crippen LogP contribution in [-0.4, -0.2) is 24.2 Å². The third-order valence-corrected chi connectivity index (χ3v) is 2.12. The average molecular weight is 208 g/mol. The lowest BCUT2D eigenvalue weighted by Gasteiger charge is -2.15. The molecular formula is C11H14NO3-. The third-order valence-electron chi connectivity index (χ3n) is 2.12. The van der Waals surface area contributed by atoms with E-state index >= 15 is 0 Å². The molecule has 15 heavy (non-hydrogen) atoms. The van der Waals surface area contributed by atoms with Crippen molar-refractivity contribution in [3.63, 3.8) is 0 Å². The molecule has 82 valence electrons. The second kappa shape index (κ2) is 4.70. The van der Waals surface area contributed by atoms with Crippen molar-refractivity contribution < 1.29 is 14.6 Å². The Morgan fingerprint density at radius 3 is 2.87 bits per heavy atom. The fraction of sp³-hybridized carbons (Fsp3) is 0.273. The van der Waals surface area contributed by atoms with Crippen LogP contribution in [0.25, 0.3) is 0 Å². The molecule has 4 heteroatoms. The molecule has 0 aliphatic heterocycles. The molecule has 0 aromatic heterocycles. The SMILES string of the molecule is [CH2-]c1ccc(CC(N)C(=O)O)cc1OC. The summed E-state index contributed by atoms with van der Waals surface area (Å²) in [5, 5.41) is 8.66. The molecule has 0 aliphatic carbocycles. The van der Waals surface area contributed by atoms with Crippen molar-refractivity contribution in [2.45, 2.75) is 12.5 Å². The lowest BCUT2D eigenvalue weighted by atomic mass is 10.0. The number of carboxylic acid groups (broad SMARTS) is 1. The van der Waals surface area contributed by atoms with Gasteiger partial charge in [0.1, 0.15) is 6.04 Å². The first kappa shape index (κ1) is 11.4. The van der Waals surface area contributed by atoms with Gasteiger partial charge in [-0.1, -0.05) is 11.6 Å². The van der Waals surface area contributed by atoms with Crippen LogP contribution >= 0.6 is 0 Å². The molecular weight excluding hydrogens is 194 g/mol. The fourth-order valence-corrected chi connectivity index (χ4v) is 1.26. The molecule has 0 aliphatic rings. The van der Waals surface area contributed by atoms with E-state index < -0.39 is 12.0 Å². The largest absolute Gasteiger partial charge is 0.554 e. The van der Waals surface area contributed by atoms with Gasteiger partial charge in [-0.15, -0.1) is 6.07 Å². The molecule has 0 saturated carbocycles. The molecule has 0 saturated heterocycles. The van der Waals surface area contributed by atoms with Gasteiger partial charge >= 0.3 is 5.97 Å². The van der Waals surface area contributed by atoms with Crippen molar-refractivity contribution in [2.24, 2.45) is 5.73 Å². The Morgan fingerprint density at radius 2 is 2.33 bits per heavy atom. The zero-order chi connectivity index (χ0) is 11.4. The summed E-state index contributed by atoms with van der Waals surface area (Å²) in [4.78, 5) is 10.6. The molecule has 1 unspecified atom stereocenters. The summed E-state index contributed by atoms with van der Waals surface area (Å²) in [5.41, 5.74) is 7.02. The zero-order valence-electron chi connectivity index (χ0n) is 8.56. The highest BCUT2D eigenvalue weighted by Crippen LogP contribution is 2.19. The highest BCUT2D eigenvalue weighted by Gasteiger charge is 2.11. The van der Waals surface area contributed by atoms with Crippen LogP contribution in [0.1, 0.15) is 11.1 Å². The van der Waals surface area contributed by atoms with E-state index in [2.05, 4.69) is 6.92 Å². The van der Waals surface area contributed by atoms with Gasteiger partial charge in [-0.3, -0.25) is 4.79 Å². The first-order valence-electron chi connectivity index (χ1n) is 4.52. The van der Waals surface area contributed by atoms with Crippen molar-refractivity contribution in [3.05, 3.63) is 36.2 Å². The summed E-state index contributed by atoms with van der Waals surface area (Å²) in [6.45, 7) is 3.77. The lowest BCUT2D eigenvalue weighted by Crippen LogP contribution is -2.32. The Morgan fingerprint density at radius 1 is 1.67 bits per heavy atom. The number of benzene rings is 1. The van der Waals surface area contributed by atoms with Crippen LogP contribution in [-0.2, 0) is 11.2 Å². The van der Waals surface area contributed by atoms with Gasteiger partial charge in [0.2, 0.25) is 0 Å². The smallest absolute Gasteiger partial charge is 0.320 e. The third kappa shape index (κ3) is 2.89. The highest BCUT2D eigenvalue weighted by atomic mass is 16.5. The van der Waals surface area contributed by atoms with E-state index in [1.807, 2.05) is 0 Å². The van der Waals surface area contributed by atoms with Crippen LogP contribution in [0.5, 0.6) is 5.75 Å². The molecule has 0 heterocycles. The lowest BCUT2D eigenvalue weighted by molar-refractivity contribution is -0.138. The standard InChI is InChI=1S/C11H14NO3/c1-7-3-4-8(6-10(7)15-2)5-9(12)11(13)14/h3-4,6,9H,1,5,12H2,2H3,(H,13,14)/q-1. The number of rotatable bonds is 4. The maximum atomic E-state index is 10.6. The van der Waals surface area contributed by atoms with Gasteiger partial charge in [0.15, 0.2) is 0 Å². The van der Waals surface area contributed by atoms with Gasteiger partial charge in [-0.25, -0.2) is 0 Å². The molecule has 0 spiro atoms. The van der Waals surface area contributed by atoms with Crippen LogP contribution in [0.2, 0.25) is 0 Å². The number of hydrogen-bond acceptors (Lipinski definition) is 3. The number of methoxy groups -OCH3 is 1. The molecule has 0 bridgehead atoms. The summed E-state index contributed by atoms with van der Waals surface area (Å²) in [5.74, 6) is -0.363. The van der Waals surface area contributed by atoms with Gasteiger partial charge in [-0.05, 0) is 6.42 Å². The summed E-state index contributed by atoms with van der Waals surface area (Å²) in [7, 11) is 1.55. The Balaban J connectivity index is 2.83. The quantitative estimate of drug-likeness (QED) is 0.719. The molecule has 1 atom stereocenters. The van der Waals surface area contributed by atoms with Gasteiger partial charge in [-0.2, -0.15) is 18.6 Å². The van der Waals surface area contributed by atoms with E-state index in [4.69, 9.17) is 15.6 Å². The minimum absolute atomic E-state index is 0.284. The normalized spacial score (nSPS) is 12.1. The topological polar surface area (TPSA) is 72.6 Å². The van der Waals surface area contributed by atoms with E-state index in [0.29, 0.717) is 5.75 Å². The second-order valence-electron chi connectivity index (χ2n) is 3.30. The predicted molar refractivity (Wildman–Crippen MR) is 56.8 cm³/mol. The van der Waals surface area contributed by atoms with E-state index in [0.717, 1.165) is 11.1 Å². The van der Waals surface area contributed by atoms with Crippen molar-refractivity contribution in [3.8, 4) is 5.75 Å². The summed E-state index contributed by atoms with van der Waals surface area (Å²) in [6, 6.07) is 4.45. The van der Waals surface area contributed by atoms with Gasteiger partial charge < -0.3 is 15.6 Å². The molecule has 1 aromatic rings. The van der Waals surface area contributed by atoms with Crippen LogP contribution in [0.15, 0.2) is 18.2 Å². The molecule has 1 aromatic carbocycles. The van der Waals surface area contributed by atoms with E-state index in [-0.39, 0.29) is 6.42 Å². The maximum absolute atomic E-state index is 10.6. The first-order chi connectivity index (χ1) is 7.04. The van der Waals surface area contributed by atoms with Crippen LogP contribution in [0.3, 0.4) is 0 Å². The maximum Gasteiger partial charge on any atom is 0.320 e. The number of hydrogen-bond donors (Lipinski definition) is 2. The van der Waals surface area contributed by atoms with Gasteiger partial charge in [0.05, 0.1) is 7.11 Å². The molecule has 4 nitrogen and oxygen atoms in total. The zero-order valence-corrected chi connectivity index (χ0v) is 8.56. The predicted octanol–water partition coefficient (Wildman–Crippen LogP) is 0.832. The monoisotopic (exact) mass is 208 g/mol. The van der Waals surface area contributed by atoms with Crippen LogP contribution in [0, 0.1) is 6.92 Å². The van der Waals surface area contributed by atoms with E-state index in [1.54, 1.807) is 25.3 Å². The fourth-order valence-electron chi connectivity index (χ4n) is 1.26. The van der Waals surface area contributed by atoms with Crippen molar-refractivity contribution in [1.82, 2.24) is 0 Å². The van der Waals surface area contributed by atoms with E-state index in [1.165, 1.54) is 0 Å². The minimum atomic E-state index is -1.01. The number of aliphatic carboxylic acids is 1. The molecule has 0 amide bonds. The van der Waals surface area contributed by atoms with Crippen molar-refractivity contribution >= 4 is 5.97 Å². The average Bonchev–Trinajstić information content (AvgIpc) is 2.20. The Hall–Kier alpha value is -1.68.